The summed E-state index contributed by atoms with van der Waals surface area (Å²) < 4.78 is 6.95. The Morgan fingerprint density at radius 3 is 2.71 bits per heavy atom. The molecule has 5 heteroatoms. The zero-order valence-corrected chi connectivity index (χ0v) is 12.2. The lowest BCUT2D eigenvalue weighted by molar-refractivity contribution is 0.415. The summed E-state index contributed by atoms with van der Waals surface area (Å²) in [4.78, 5) is 0. The van der Waals surface area contributed by atoms with Gasteiger partial charge in [-0.1, -0.05) is 29.8 Å². The van der Waals surface area contributed by atoms with Crippen molar-refractivity contribution in [2.75, 3.05) is 12.8 Å². The molecule has 21 heavy (non-hydrogen) atoms. The van der Waals surface area contributed by atoms with Gasteiger partial charge in [-0.25, -0.2) is 4.68 Å². The predicted octanol–water partition coefficient (Wildman–Crippen LogP) is 3.78. The molecule has 2 N–H and O–H groups in total. The van der Waals surface area contributed by atoms with Gasteiger partial charge in [0, 0.05) is 10.6 Å². The van der Waals surface area contributed by atoms with E-state index in [0.29, 0.717) is 16.4 Å². The highest BCUT2D eigenvalue weighted by Crippen LogP contribution is 2.28. The van der Waals surface area contributed by atoms with Crippen molar-refractivity contribution in [3.8, 4) is 22.7 Å². The van der Waals surface area contributed by atoms with Crippen molar-refractivity contribution in [1.29, 1.82) is 0 Å². The van der Waals surface area contributed by atoms with E-state index >= 15 is 0 Å². The molecule has 0 saturated heterocycles. The number of nitrogen functional groups attached to an aromatic ring is 1. The first kappa shape index (κ1) is 13.5. The van der Waals surface area contributed by atoms with Gasteiger partial charge in [-0.15, -0.1) is 0 Å². The number of nitrogens with two attached hydrogens (primary N) is 1. The molecule has 1 heterocycles. The highest BCUT2D eigenvalue weighted by Gasteiger charge is 2.10. The van der Waals surface area contributed by atoms with E-state index in [0.717, 1.165) is 17.0 Å². The number of nitrogens with zero attached hydrogens (tertiary/aromatic N) is 2. The number of ether oxygens (including phenoxy) is 1. The molecule has 0 unspecified atom stereocenters. The number of hydrogen-bond acceptors (Lipinski definition) is 3. The normalized spacial score (nSPS) is 10.6. The third kappa shape index (κ3) is 2.71. The number of rotatable bonds is 3. The van der Waals surface area contributed by atoms with Gasteiger partial charge in [-0.3, -0.25) is 0 Å². The Morgan fingerprint density at radius 2 is 1.95 bits per heavy atom. The van der Waals surface area contributed by atoms with Crippen molar-refractivity contribution in [3.05, 3.63) is 59.8 Å². The molecule has 0 bridgehead atoms. The average Bonchev–Trinajstić information content (AvgIpc) is 2.89. The van der Waals surface area contributed by atoms with Crippen molar-refractivity contribution in [2.45, 2.75) is 0 Å². The Bertz CT molecular complexity index is 783. The van der Waals surface area contributed by atoms with Crippen molar-refractivity contribution in [1.82, 2.24) is 9.78 Å². The average molecular weight is 300 g/mol. The molecule has 106 valence electrons. The largest absolute Gasteiger partial charge is 0.497 e. The first-order chi connectivity index (χ1) is 10.2. The number of aromatic nitrogens is 2. The Morgan fingerprint density at radius 1 is 1.14 bits per heavy atom. The third-order valence-electron chi connectivity index (χ3n) is 3.16. The van der Waals surface area contributed by atoms with Crippen molar-refractivity contribution in [2.24, 2.45) is 0 Å². The van der Waals surface area contributed by atoms with Gasteiger partial charge in [-0.05, 0) is 30.3 Å². The number of methoxy groups -OCH3 is 1. The molecule has 0 fully saturated rings. The summed E-state index contributed by atoms with van der Waals surface area (Å²) in [7, 11) is 1.63. The molecule has 0 atom stereocenters. The molecule has 0 saturated carbocycles. The number of anilines is 1. The fraction of sp³-hybridized carbons (Fsp3) is 0.0625. The van der Waals surface area contributed by atoms with Crippen LogP contribution in [0.2, 0.25) is 5.02 Å². The van der Waals surface area contributed by atoms with Gasteiger partial charge >= 0.3 is 0 Å². The molecule has 1 aromatic heterocycles. The summed E-state index contributed by atoms with van der Waals surface area (Å²) in [6.07, 6.45) is 1.78. The molecule has 0 spiro atoms. The smallest absolute Gasteiger partial charge is 0.119 e. The van der Waals surface area contributed by atoms with Crippen LogP contribution in [0.5, 0.6) is 5.75 Å². The van der Waals surface area contributed by atoms with E-state index in [-0.39, 0.29) is 0 Å². The van der Waals surface area contributed by atoms with Gasteiger partial charge in [0.05, 0.1) is 24.7 Å². The van der Waals surface area contributed by atoms with Crippen LogP contribution in [0, 0.1) is 0 Å². The minimum absolute atomic E-state index is 0.600. The van der Waals surface area contributed by atoms with Crippen LogP contribution >= 0.6 is 11.6 Å². The van der Waals surface area contributed by atoms with Gasteiger partial charge in [0.2, 0.25) is 0 Å². The van der Waals surface area contributed by atoms with Gasteiger partial charge < -0.3 is 10.5 Å². The SMILES string of the molecule is COc1cccc(-c2nn(-c3cccc(Cl)c3)cc2N)c1. The Labute approximate surface area is 127 Å². The van der Waals surface area contributed by atoms with Crippen LogP contribution in [0.4, 0.5) is 5.69 Å². The second kappa shape index (κ2) is 5.50. The van der Waals surface area contributed by atoms with E-state index in [1.165, 1.54) is 0 Å². The van der Waals surface area contributed by atoms with E-state index in [1.54, 1.807) is 18.0 Å². The van der Waals surface area contributed by atoms with Crippen LogP contribution in [0.15, 0.2) is 54.7 Å². The summed E-state index contributed by atoms with van der Waals surface area (Å²) in [6, 6.07) is 15.1. The topological polar surface area (TPSA) is 53.1 Å². The highest BCUT2D eigenvalue weighted by atomic mass is 35.5. The monoisotopic (exact) mass is 299 g/mol. The van der Waals surface area contributed by atoms with Crippen molar-refractivity contribution in [3.63, 3.8) is 0 Å². The van der Waals surface area contributed by atoms with Gasteiger partial charge in [0.15, 0.2) is 0 Å². The van der Waals surface area contributed by atoms with Gasteiger partial charge in [0.25, 0.3) is 0 Å². The first-order valence-electron chi connectivity index (χ1n) is 6.43. The maximum absolute atomic E-state index is 6.08. The summed E-state index contributed by atoms with van der Waals surface area (Å²) in [5, 5.41) is 5.20. The minimum atomic E-state index is 0.600. The number of hydrogen-bond donors (Lipinski definition) is 1. The molecule has 3 rings (SSSR count). The number of halogens is 1. The lowest BCUT2D eigenvalue weighted by Gasteiger charge is -2.03. The molecule has 2 aromatic carbocycles. The van der Waals surface area contributed by atoms with E-state index in [2.05, 4.69) is 5.10 Å². The van der Waals surface area contributed by atoms with Crippen LogP contribution in [-0.2, 0) is 0 Å². The molecule has 0 aliphatic heterocycles. The Balaban J connectivity index is 2.05. The lowest BCUT2D eigenvalue weighted by atomic mass is 10.1. The zero-order valence-electron chi connectivity index (χ0n) is 11.5. The van der Waals surface area contributed by atoms with Gasteiger partial charge in [-0.2, -0.15) is 5.10 Å². The summed E-state index contributed by atoms with van der Waals surface area (Å²) in [5.41, 5.74) is 9.17. The van der Waals surface area contributed by atoms with Crippen molar-refractivity contribution < 1.29 is 4.74 Å². The van der Waals surface area contributed by atoms with Crippen LogP contribution in [0.1, 0.15) is 0 Å². The molecule has 0 radical (unpaired) electrons. The third-order valence-corrected chi connectivity index (χ3v) is 3.39. The molecule has 0 amide bonds. The fourth-order valence-corrected chi connectivity index (χ4v) is 2.32. The van der Waals surface area contributed by atoms with Gasteiger partial charge in [0.1, 0.15) is 11.4 Å². The number of benzene rings is 2. The Hall–Kier alpha value is -2.46. The van der Waals surface area contributed by atoms with E-state index in [4.69, 9.17) is 22.1 Å². The Kier molecular flexibility index (Phi) is 3.54. The van der Waals surface area contributed by atoms with Crippen LogP contribution in [0.25, 0.3) is 16.9 Å². The molecule has 3 aromatic rings. The highest BCUT2D eigenvalue weighted by molar-refractivity contribution is 6.30. The molecule has 4 nitrogen and oxygen atoms in total. The molecule has 0 aliphatic rings. The summed E-state index contributed by atoms with van der Waals surface area (Å²) in [5.74, 6) is 0.768. The predicted molar refractivity (Wildman–Crippen MR) is 85.0 cm³/mol. The van der Waals surface area contributed by atoms with Crippen molar-refractivity contribution >= 4 is 17.3 Å². The summed E-state index contributed by atoms with van der Waals surface area (Å²) >= 11 is 6.01. The summed E-state index contributed by atoms with van der Waals surface area (Å²) in [6.45, 7) is 0. The standard InChI is InChI=1S/C16H14ClN3O/c1-21-14-7-2-4-11(8-14)16-15(18)10-20(19-16)13-6-3-5-12(17)9-13/h2-10H,18H2,1H3. The van der Waals surface area contributed by atoms with Crippen LogP contribution in [-0.4, -0.2) is 16.9 Å². The fourth-order valence-electron chi connectivity index (χ4n) is 2.13. The molecule has 0 aliphatic carbocycles. The zero-order chi connectivity index (χ0) is 14.8. The quantitative estimate of drug-likeness (QED) is 0.800. The van der Waals surface area contributed by atoms with E-state index < -0.39 is 0 Å². The van der Waals surface area contributed by atoms with Crippen LogP contribution < -0.4 is 10.5 Å². The maximum atomic E-state index is 6.08. The van der Waals surface area contributed by atoms with E-state index in [9.17, 15) is 0 Å². The molecular weight excluding hydrogens is 286 g/mol. The second-order valence-electron chi connectivity index (χ2n) is 4.59. The van der Waals surface area contributed by atoms with E-state index in [1.807, 2.05) is 48.5 Å². The lowest BCUT2D eigenvalue weighted by Crippen LogP contribution is -1.94. The first-order valence-corrected chi connectivity index (χ1v) is 6.80. The molecular formula is C16H14ClN3O. The second-order valence-corrected chi connectivity index (χ2v) is 5.03. The van der Waals surface area contributed by atoms with Crippen LogP contribution in [0.3, 0.4) is 0 Å². The maximum Gasteiger partial charge on any atom is 0.119 e. The minimum Gasteiger partial charge on any atom is -0.497 e.